The quantitative estimate of drug-likeness (QED) is 0.874. The summed E-state index contributed by atoms with van der Waals surface area (Å²) in [5, 5.41) is 0.663. The van der Waals surface area contributed by atoms with Crippen LogP contribution in [0.2, 0.25) is 0 Å². The van der Waals surface area contributed by atoms with Crippen LogP contribution in [0.5, 0.6) is 0 Å². The van der Waals surface area contributed by atoms with Gasteiger partial charge in [-0.1, -0.05) is 38.1 Å². The Labute approximate surface area is 108 Å². The second-order valence-electron chi connectivity index (χ2n) is 4.92. The minimum Gasteiger partial charge on any atom is -0.379 e. The predicted molar refractivity (Wildman–Crippen MR) is 74.5 cm³/mol. The fraction of sp³-hybridized carbons (Fsp3) is 0.571. The van der Waals surface area contributed by atoms with Crippen LogP contribution in [0.25, 0.3) is 0 Å². The summed E-state index contributed by atoms with van der Waals surface area (Å²) in [6.45, 7) is 6.20. The van der Waals surface area contributed by atoms with E-state index >= 15 is 0 Å². The van der Waals surface area contributed by atoms with Crippen molar-refractivity contribution in [2.24, 2.45) is 5.73 Å². The summed E-state index contributed by atoms with van der Waals surface area (Å²) in [5.74, 6) is 1.57. The monoisotopic (exact) mass is 251 g/mol. The lowest BCUT2D eigenvalue weighted by molar-refractivity contribution is 0.0455. The lowest BCUT2D eigenvalue weighted by Gasteiger charge is -2.26. The van der Waals surface area contributed by atoms with E-state index in [1.807, 2.05) is 11.8 Å². The van der Waals surface area contributed by atoms with Crippen LogP contribution in [0.1, 0.15) is 36.9 Å². The van der Waals surface area contributed by atoms with Crippen LogP contribution >= 0.6 is 11.8 Å². The number of rotatable bonds is 5. The van der Waals surface area contributed by atoms with Gasteiger partial charge in [-0.2, -0.15) is 11.8 Å². The molecule has 1 fully saturated rings. The van der Waals surface area contributed by atoms with E-state index in [1.165, 1.54) is 11.1 Å². The van der Waals surface area contributed by atoms with Gasteiger partial charge in [0.2, 0.25) is 0 Å². The Morgan fingerprint density at radius 2 is 1.82 bits per heavy atom. The van der Waals surface area contributed by atoms with Gasteiger partial charge in [0.05, 0.1) is 18.5 Å². The molecule has 1 atom stereocenters. The third kappa shape index (κ3) is 3.47. The molecule has 0 saturated carbocycles. The first-order chi connectivity index (χ1) is 8.16. The average Bonchev–Trinajstić information content (AvgIpc) is 2.27. The lowest BCUT2D eigenvalue weighted by atomic mass is 10.00. The van der Waals surface area contributed by atoms with Crippen molar-refractivity contribution in [1.82, 2.24) is 0 Å². The highest BCUT2D eigenvalue weighted by Crippen LogP contribution is 2.25. The topological polar surface area (TPSA) is 35.2 Å². The minimum atomic E-state index is 0.141. The molecule has 1 aromatic carbocycles. The Balaban J connectivity index is 1.86. The van der Waals surface area contributed by atoms with E-state index in [0.717, 1.165) is 19.0 Å². The van der Waals surface area contributed by atoms with Gasteiger partial charge in [-0.05, 0) is 17.0 Å². The molecular formula is C14H21NOS. The minimum absolute atomic E-state index is 0.141. The normalized spacial score (nSPS) is 18.1. The van der Waals surface area contributed by atoms with Crippen molar-refractivity contribution in [3.63, 3.8) is 0 Å². The van der Waals surface area contributed by atoms with E-state index in [1.54, 1.807) is 0 Å². The fourth-order valence-electron chi connectivity index (χ4n) is 1.77. The molecule has 3 heteroatoms. The van der Waals surface area contributed by atoms with Crippen LogP contribution in [-0.2, 0) is 4.74 Å². The van der Waals surface area contributed by atoms with E-state index in [2.05, 4.69) is 38.1 Å². The van der Waals surface area contributed by atoms with Gasteiger partial charge in [0.15, 0.2) is 0 Å². The van der Waals surface area contributed by atoms with Gasteiger partial charge < -0.3 is 10.5 Å². The predicted octanol–water partition coefficient (Wildman–Crippen LogP) is 2.94. The summed E-state index contributed by atoms with van der Waals surface area (Å²) in [5.41, 5.74) is 8.80. The molecule has 1 unspecified atom stereocenters. The third-order valence-electron chi connectivity index (χ3n) is 3.15. The van der Waals surface area contributed by atoms with Crippen LogP contribution in [0.15, 0.2) is 24.3 Å². The Morgan fingerprint density at radius 1 is 1.24 bits per heavy atom. The van der Waals surface area contributed by atoms with Crippen LogP contribution in [-0.4, -0.2) is 24.2 Å². The smallest absolute Gasteiger partial charge is 0.0607 e. The maximum Gasteiger partial charge on any atom is 0.0607 e. The summed E-state index contributed by atoms with van der Waals surface area (Å²) in [4.78, 5) is 0. The molecule has 1 aliphatic rings. The van der Waals surface area contributed by atoms with E-state index in [9.17, 15) is 0 Å². The second kappa shape index (κ2) is 5.89. The second-order valence-corrected chi connectivity index (χ2v) is 6.25. The Kier molecular flexibility index (Phi) is 4.48. The van der Waals surface area contributed by atoms with Gasteiger partial charge in [-0.25, -0.2) is 0 Å². The number of hydrogen-bond acceptors (Lipinski definition) is 3. The van der Waals surface area contributed by atoms with Gasteiger partial charge in [-0.15, -0.1) is 0 Å². The van der Waals surface area contributed by atoms with Gasteiger partial charge in [0.25, 0.3) is 0 Å². The Morgan fingerprint density at radius 3 is 2.29 bits per heavy atom. The summed E-state index contributed by atoms with van der Waals surface area (Å²) >= 11 is 1.93. The summed E-state index contributed by atoms with van der Waals surface area (Å²) in [6, 6.07) is 8.85. The molecule has 1 aliphatic heterocycles. The number of nitrogens with two attached hydrogens (primary N) is 1. The third-order valence-corrected chi connectivity index (χ3v) is 4.45. The van der Waals surface area contributed by atoms with Crippen LogP contribution < -0.4 is 5.73 Å². The number of hydrogen-bond donors (Lipinski definition) is 1. The van der Waals surface area contributed by atoms with Crippen LogP contribution in [0.4, 0.5) is 0 Å². The molecule has 0 spiro atoms. The fourth-order valence-corrected chi connectivity index (χ4v) is 2.83. The first-order valence-corrected chi connectivity index (χ1v) is 7.26. The summed E-state index contributed by atoms with van der Waals surface area (Å²) in [6.07, 6.45) is 0. The molecule has 94 valence electrons. The van der Waals surface area contributed by atoms with E-state index in [4.69, 9.17) is 10.5 Å². The van der Waals surface area contributed by atoms with E-state index < -0.39 is 0 Å². The Hall–Kier alpha value is -0.510. The largest absolute Gasteiger partial charge is 0.379 e. The maximum absolute atomic E-state index is 6.19. The van der Waals surface area contributed by atoms with Crippen molar-refractivity contribution >= 4 is 11.8 Å². The molecule has 0 bridgehead atoms. The molecule has 17 heavy (non-hydrogen) atoms. The first-order valence-electron chi connectivity index (χ1n) is 6.21. The number of thioether (sulfide) groups is 1. The van der Waals surface area contributed by atoms with Gasteiger partial charge in [0.1, 0.15) is 0 Å². The highest BCUT2D eigenvalue weighted by molar-refractivity contribution is 8.00. The Bertz CT molecular complexity index is 346. The first kappa shape index (κ1) is 12.9. The van der Waals surface area contributed by atoms with Crippen molar-refractivity contribution in [2.45, 2.75) is 31.1 Å². The molecule has 0 radical (unpaired) electrons. The molecule has 1 aromatic rings. The molecule has 2 nitrogen and oxygen atoms in total. The summed E-state index contributed by atoms with van der Waals surface area (Å²) in [7, 11) is 0. The molecule has 0 amide bonds. The molecule has 1 heterocycles. The zero-order valence-electron chi connectivity index (χ0n) is 10.6. The molecule has 2 rings (SSSR count). The van der Waals surface area contributed by atoms with Crippen LogP contribution in [0.3, 0.4) is 0 Å². The standard InChI is InChI=1S/C14H21NOS/c1-10(2)11-3-5-12(6-4-11)14(15)9-17-13-7-16-8-13/h3-6,10,13-14H,7-9,15H2,1-2H3. The van der Waals surface area contributed by atoms with Crippen molar-refractivity contribution in [1.29, 1.82) is 0 Å². The number of ether oxygens (including phenoxy) is 1. The molecule has 0 aliphatic carbocycles. The lowest BCUT2D eigenvalue weighted by Crippen LogP contribution is -2.31. The summed E-state index contributed by atoms with van der Waals surface area (Å²) < 4.78 is 5.15. The van der Waals surface area contributed by atoms with Gasteiger partial charge in [-0.3, -0.25) is 0 Å². The van der Waals surface area contributed by atoms with Crippen LogP contribution in [0, 0.1) is 0 Å². The SMILES string of the molecule is CC(C)c1ccc(C(N)CSC2COC2)cc1. The molecular weight excluding hydrogens is 230 g/mol. The van der Waals surface area contributed by atoms with Crippen molar-refractivity contribution in [3.8, 4) is 0 Å². The van der Waals surface area contributed by atoms with Gasteiger partial charge in [0, 0.05) is 11.8 Å². The van der Waals surface area contributed by atoms with Crippen molar-refractivity contribution in [3.05, 3.63) is 35.4 Å². The highest BCUT2D eigenvalue weighted by Gasteiger charge is 2.20. The average molecular weight is 251 g/mol. The van der Waals surface area contributed by atoms with E-state index in [-0.39, 0.29) is 6.04 Å². The van der Waals surface area contributed by atoms with E-state index in [0.29, 0.717) is 11.2 Å². The highest BCUT2D eigenvalue weighted by atomic mass is 32.2. The number of benzene rings is 1. The zero-order chi connectivity index (χ0) is 12.3. The zero-order valence-corrected chi connectivity index (χ0v) is 11.4. The van der Waals surface area contributed by atoms with Crippen molar-refractivity contribution in [2.75, 3.05) is 19.0 Å². The molecule has 2 N–H and O–H groups in total. The molecule has 0 aromatic heterocycles. The van der Waals surface area contributed by atoms with Gasteiger partial charge >= 0.3 is 0 Å². The molecule has 1 saturated heterocycles. The maximum atomic E-state index is 6.19. The van der Waals surface area contributed by atoms with Crippen molar-refractivity contribution < 1.29 is 4.74 Å².